The average molecular weight is 253 g/mol. The van der Waals surface area contributed by atoms with Gasteiger partial charge in [-0.1, -0.05) is 6.42 Å². The lowest BCUT2D eigenvalue weighted by Crippen LogP contribution is -2.50. The molecule has 0 saturated carbocycles. The molecule has 2 atom stereocenters. The zero-order valence-electron chi connectivity index (χ0n) is 11.4. The van der Waals surface area contributed by atoms with E-state index in [4.69, 9.17) is 9.90 Å². The summed E-state index contributed by atoms with van der Waals surface area (Å²) in [5.74, 6) is -1.08. The molecule has 1 fully saturated rings. The van der Waals surface area contributed by atoms with Gasteiger partial charge >= 0.3 is 0 Å². The lowest BCUT2D eigenvalue weighted by Gasteiger charge is -2.26. The molecule has 18 heavy (non-hydrogen) atoms. The Morgan fingerprint density at radius 1 is 1.56 bits per heavy atom. The third kappa shape index (κ3) is 4.87. The quantitative estimate of drug-likeness (QED) is 0.741. The number of carbonyl (C=O) groups is 1. The number of carboxylic acid groups (broad SMARTS) is 1. The van der Waals surface area contributed by atoms with E-state index in [0.717, 1.165) is 6.92 Å². The summed E-state index contributed by atoms with van der Waals surface area (Å²) in [5.41, 5.74) is 0. The van der Waals surface area contributed by atoms with Crippen molar-refractivity contribution in [3.05, 3.63) is 18.7 Å². The van der Waals surface area contributed by atoms with Gasteiger partial charge < -0.3 is 15.2 Å². The number of rotatable bonds is 2. The molecule has 0 radical (unpaired) electrons. The van der Waals surface area contributed by atoms with E-state index in [1.165, 1.54) is 25.8 Å². The third-order valence-electron chi connectivity index (χ3n) is 3.19. The van der Waals surface area contributed by atoms with Gasteiger partial charge in [-0.3, -0.25) is 0 Å². The van der Waals surface area contributed by atoms with Gasteiger partial charge in [-0.2, -0.15) is 0 Å². The number of nitrogens with zero attached hydrogens (tertiary/aromatic N) is 2. The molecule has 0 amide bonds. The van der Waals surface area contributed by atoms with Crippen molar-refractivity contribution in [3.63, 3.8) is 0 Å². The number of carbonyl (C=O) groups excluding carboxylic acids is 1. The van der Waals surface area contributed by atoms with Gasteiger partial charge in [-0.25, -0.2) is 9.13 Å². The van der Waals surface area contributed by atoms with Gasteiger partial charge in [0.25, 0.3) is 0 Å². The summed E-state index contributed by atoms with van der Waals surface area (Å²) in [6, 6.07) is 1.22. The van der Waals surface area contributed by atoms with Crippen molar-refractivity contribution in [1.29, 1.82) is 0 Å². The highest BCUT2D eigenvalue weighted by atomic mass is 16.4. The van der Waals surface area contributed by atoms with Crippen LogP contribution in [0.2, 0.25) is 0 Å². The van der Waals surface area contributed by atoms with Gasteiger partial charge in [-0.15, -0.1) is 0 Å². The molecule has 1 saturated heterocycles. The molecule has 2 rings (SSSR count). The van der Waals surface area contributed by atoms with Crippen molar-refractivity contribution in [2.75, 3.05) is 6.54 Å². The summed E-state index contributed by atoms with van der Waals surface area (Å²) in [6.07, 6.45) is 10.4. The smallest absolute Gasteiger partial charge is 0.243 e. The molecule has 102 valence electrons. The molecule has 1 N–H and O–H groups in total. The van der Waals surface area contributed by atoms with Gasteiger partial charge in [0.05, 0.1) is 7.05 Å². The summed E-state index contributed by atoms with van der Waals surface area (Å²) in [7, 11) is 2.07. The molecule has 1 aromatic heterocycles. The topological polar surface area (TPSA) is 61.0 Å². The molecule has 2 heterocycles. The van der Waals surface area contributed by atoms with Crippen LogP contribution >= 0.6 is 0 Å². The van der Waals surface area contributed by atoms with Crippen LogP contribution in [0.4, 0.5) is 0 Å². The van der Waals surface area contributed by atoms with Crippen molar-refractivity contribution in [2.45, 2.75) is 45.2 Å². The number of aliphatic carboxylic acids is 1. The lowest BCUT2D eigenvalue weighted by atomic mass is 9.99. The number of nitrogens with one attached hydrogen (secondary N) is 1. The van der Waals surface area contributed by atoms with Crippen molar-refractivity contribution >= 4 is 5.97 Å². The van der Waals surface area contributed by atoms with Crippen LogP contribution in [0.3, 0.4) is 0 Å². The minimum absolute atomic E-state index is 0.566. The fourth-order valence-electron chi connectivity index (χ4n) is 2.21. The van der Waals surface area contributed by atoms with Crippen LogP contribution in [-0.2, 0) is 11.8 Å². The van der Waals surface area contributed by atoms with E-state index in [0.29, 0.717) is 12.1 Å². The molecule has 0 spiro atoms. The number of piperidine rings is 1. The van der Waals surface area contributed by atoms with Crippen LogP contribution in [0.15, 0.2) is 18.7 Å². The Balaban J connectivity index is 0.000000357. The Morgan fingerprint density at radius 2 is 2.22 bits per heavy atom. The molecule has 2 unspecified atom stereocenters. The van der Waals surface area contributed by atoms with Crippen LogP contribution in [0.5, 0.6) is 0 Å². The Morgan fingerprint density at radius 3 is 2.67 bits per heavy atom. The van der Waals surface area contributed by atoms with E-state index in [2.05, 4.69) is 47.1 Å². The molecule has 0 bridgehead atoms. The maximum Gasteiger partial charge on any atom is 0.243 e. The number of aromatic nitrogens is 2. The Kier molecular flexibility index (Phi) is 5.85. The van der Waals surface area contributed by atoms with E-state index in [9.17, 15) is 0 Å². The Labute approximate surface area is 108 Å². The van der Waals surface area contributed by atoms with Gasteiger partial charge in [0.15, 0.2) is 0 Å². The third-order valence-corrected chi connectivity index (χ3v) is 3.19. The molecular weight excluding hydrogens is 230 g/mol. The number of hydrogen-bond donors (Lipinski definition) is 1. The summed E-state index contributed by atoms with van der Waals surface area (Å²) >= 11 is 0. The highest BCUT2D eigenvalue weighted by Gasteiger charge is 2.23. The van der Waals surface area contributed by atoms with Gasteiger partial charge in [0.1, 0.15) is 18.4 Å². The lowest BCUT2D eigenvalue weighted by molar-refractivity contribution is -0.722. The van der Waals surface area contributed by atoms with Gasteiger partial charge in [-0.05, 0) is 33.2 Å². The molecule has 1 aliphatic rings. The van der Waals surface area contributed by atoms with Crippen LogP contribution in [-0.4, -0.2) is 23.1 Å². The van der Waals surface area contributed by atoms with E-state index >= 15 is 0 Å². The van der Waals surface area contributed by atoms with E-state index in [1.807, 2.05) is 0 Å². The largest absolute Gasteiger partial charge is 0.550 e. The summed E-state index contributed by atoms with van der Waals surface area (Å²) in [6.45, 7) is 4.45. The van der Waals surface area contributed by atoms with Crippen LogP contribution in [0.1, 0.15) is 39.2 Å². The summed E-state index contributed by atoms with van der Waals surface area (Å²) < 4.78 is 4.39. The molecular formula is C13H23N3O2. The molecule has 1 aromatic rings. The van der Waals surface area contributed by atoms with Gasteiger partial charge in [0, 0.05) is 12.0 Å². The van der Waals surface area contributed by atoms with E-state index < -0.39 is 5.97 Å². The van der Waals surface area contributed by atoms with Crippen molar-refractivity contribution < 1.29 is 14.5 Å². The van der Waals surface area contributed by atoms with Crippen LogP contribution < -0.4 is 15.0 Å². The average Bonchev–Trinajstić information content (AvgIpc) is 2.75. The van der Waals surface area contributed by atoms with E-state index in [-0.39, 0.29) is 0 Å². The molecule has 1 aliphatic heterocycles. The molecule has 0 aliphatic carbocycles. The second-order valence-electron chi connectivity index (χ2n) is 4.81. The standard InChI is InChI=1S/C11H20N3.C2H4O2/c1-10(11-5-3-4-6-12-11)14-8-7-13(2)9-14;1-2(3)4/h7-12H,3-6H2,1-2H3;1H3,(H,3,4)/q+1;/p-1. The normalized spacial score (nSPS) is 20.7. The first-order valence-electron chi connectivity index (χ1n) is 6.44. The van der Waals surface area contributed by atoms with Crippen molar-refractivity contribution in [1.82, 2.24) is 9.88 Å². The Hall–Kier alpha value is -1.36. The maximum absolute atomic E-state index is 8.89. The highest BCUT2D eigenvalue weighted by Crippen LogP contribution is 2.14. The highest BCUT2D eigenvalue weighted by molar-refractivity contribution is 5.60. The monoisotopic (exact) mass is 253 g/mol. The second-order valence-corrected chi connectivity index (χ2v) is 4.81. The van der Waals surface area contributed by atoms with Crippen molar-refractivity contribution in [3.8, 4) is 0 Å². The first-order chi connectivity index (χ1) is 8.50. The number of hydrogen-bond acceptors (Lipinski definition) is 3. The SMILES string of the molecule is CC(=O)[O-].CC(C1CCCCN1)[n+]1ccn(C)c1. The predicted molar refractivity (Wildman–Crippen MR) is 66.6 cm³/mol. The molecule has 5 heteroatoms. The van der Waals surface area contributed by atoms with Crippen LogP contribution in [0.25, 0.3) is 0 Å². The first-order valence-corrected chi connectivity index (χ1v) is 6.44. The predicted octanol–water partition coefficient (Wildman–Crippen LogP) is -0.228. The summed E-state index contributed by atoms with van der Waals surface area (Å²) in [4.78, 5) is 8.89. The fourth-order valence-corrected chi connectivity index (χ4v) is 2.21. The van der Waals surface area contributed by atoms with E-state index in [1.54, 1.807) is 0 Å². The number of carboxylic acids is 1. The molecule has 5 nitrogen and oxygen atoms in total. The number of imidazole rings is 1. The minimum atomic E-state index is -1.08. The Bertz CT molecular complexity index is 366. The maximum atomic E-state index is 8.89. The second kappa shape index (κ2) is 7.16. The zero-order valence-corrected chi connectivity index (χ0v) is 11.4. The zero-order chi connectivity index (χ0) is 13.5. The van der Waals surface area contributed by atoms with Crippen LogP contribution in [0, 0.1) is 0 Å². The number of aryl methyl sites for hydroxylation is 1. The fraction of sp³-hybridized carbons (Fsp3) is 0.692. The van der Waals surface area contributed by atoms with Gasteiger partial charge in [0.2, 0.25) is 6.33 Å². The molecule has 0 aromatic carbocycles. The minimum Gasteiger partial charge on any atom is -0.550 e. The first kappa shape index (κ1) is 14.7. The summed E-state index contributed by atoms with van der Waals surface area (Å²) in [5, 5.41) is 12.5. The van der Waals surface area contributed by atoms with Crippen molar-refractivity contribution in [2.24, 2.45) is 7.05 Å².